The molecule has 0 fully saturated rings. The van der Waals surface area contributed by atoms with E-state index in [-0.39, 0.29) is 6.23 Å². The van der Waals surface area contributed by atoms with Crippen LogP contribution in [0.2, 0.25) is 0 Å². The van der Waals surface area contributed by atoms with E-state index in [1.165, 1.54) is 5.01 Å². The highest BCUT2D eigenvalue weighted by Crippen LogP contribution is 2.06. The molecule has 2 N–H and O–H groups in total. The fourth-order valence-corrected chi connectivity index (χ4v) is 0.749. The molecule has 0 spiro atoms. The van der Waals surface area contributed by atoms with Gasteiger partial charge in [-0.2, -0.15) is 0 Å². The molecular weight excluding hydrogens is 130 g/mol. The highest BCUT2D eigenvalue weighted by molar-refractivity contribution is 5.58. The molecule has 0 saturated carbocycles. The molecule has 1 heterocycles. The fourth-order valence-electron chi connectivity index (χ4n) is 0.749. The Morgan fingerprint density at radius 2 is 2.50 bits per heavy atom. The zero-order valence-electron chi connectivity index (χ0n) is 6.11. The SMILES string of the molecule is COC1C=C(C)N=CN1N. The molecule has 0 aromatic rings. The van der Waals surface area contributed by atoms with E-state index in [4.69, 9.17) is 10.6 Å². The molecule has 0 aliphatic carbocycles. The molecule has 56 valence electrons. The van der Waals surface area contributed by atoms with Crippen LogP contribution in [0.15, 0.2) is 16.8 Å². The Morgan fingerprint density at radius 3 is 3.00 bits per heavy atom. The number of ether oxygens (including phenoxy) is 1. The summed E-state index contributed by atoms with van der Waals surface area (Å²) in [4.78, 5) is 3.97. The van der Waals surface area contributed by atoms with Crippen molar-refractivity contribution in [2.45, 2.75) is 13.2 Å². The van der Waals surface area contributed by atoms with Gasteiger partial charge in [0.2, 0.25) is 0 Å². The van der Waals surface area contributed by atoms with Crippen molar-refractivity contribution in [2.24, 2.45) is 10.8 Å². The number of nitrogens with zero attached hydrogens (tertiary/aromatic N) is 2. The van der Waals surface area contributed by atoms with E-state index in [2.05, 4.69) is 4.99 Å². The maximum absolute atomic E-state index is 5.47. The predicted octanol–water partition coefficient (Wildman–Crippen LogP) is 0.0803. The summed E-state index contributed by atoms with van der Waals surface area (Å²) in [7, 11) is 1.60. The van der Waals surface area contributed by atoms with Crippen LogP contribution >= 0.6 is 0 Å². The van der Waals surface area contributed by atoms with Gasteiger partial charge in [-0.25, -0.2) is 10.8 Å². The molecule has 4 heteroatoms. The van der Waals surface area contributed by atoms with Crippen LogP contribution in [0.4, 0.5) is 0 Å². The van der Waals surface area contributed by atoms with E-state index in [1.807, 2.05) is 13.0 Å². The summed E-state index contributed by atoms with van der Waals surface area (Å²) in [5.74, 6) is 5.47. The normalized spacial score (nSPS) is 24.9. The van der Waals surface area contributed by atoms with Gasteiger partial charge in [-0.05, 0) is 13.0 Å². The molecule has 1 aliphatic rings. The van der Waals surface area contributed by atoms with Gasteiger partial charge in [0.1, 0.15) is 6.34 Å². The van der Waals surface area contributed by atoms with Gasteiger partial charge in [0, 0.05) is 12.8 Å². The molecule has 0 saturated heterocycles. The highest BCUT2D eigenvalue weighted by atomic mass is 16.5. The van der Waals surface area contributed by atoms with Crippen molar-refractivity contribution in [1.82, 2.24) is 5.01 Å². The Hall–Kier alpha value is -0.870. The van der Waals surface area contributed by atoms with Crippen LogP contribution in [-0.4, -0.2) is 24.7 Å². The Labute approximate surface area is 59.9 Å². The predicted molar refractivity (Wildman–Crippen MR) is 39.1 cm³/mol. The lowest BCUT2D eigenvalue weighted by Gasteiger charge is -2.23. The Kier molecular flexibility index (Phi) is 2.03. The molecule has 0 aromatic carbocycles. The second-order valence-electron chi connectivity index (χ2n) is 2.13. The van der Waals surface area contributed by atoms with Crippen LogP contribution in [0.3, 0.4) is 0 Å². The number of hydrogen-bond donors (Lipinski definition) is 1. The van der Waals surface area contributed by atoms with Gasteiger partial charge in [0.05, 0.1) is 0 Å². The average molecular weight is 141 g/mol. The first-order valence-electron chi connectivity index (χ1n) is 3.02. The van der Waals surface area contributed by atoms with Crippen molar-refractivity contribution in [2.75, 3.05) is 7.11 Å². The zero-order chi connectivity index (χ0) is 7.56. The standard InChI is InChI=1S/C6H11N3O/c1-5-3-6(10-2)9(7)4-8-5/h3-4,6H,7H2,1-2H3. The van der Waals surface area contributed by atoms with Crippen molar-refractivity contribution < 1.29 is 4.74 Å². The van der Waals surface area contributed by atoms with Gasteiger partial charge in [-0.15, -0.1) is 0 Å². The first kappa shape index (κ1) is 7.24. The second kappa shape index (κ2) is 2.81. The molecule has 1 rings (SSSR count). The van der Waals surface area contributed by atoms with Gasteiger partial charge in [-0.1, -0.05) is 0 Å². The third kappa shape index (κ3) is 1.34. The number of hydrazine groups is 1. The Morgan fingerprint density at radius 1 is 1.80 bits per heavy atom. The second-order valence-corrected chi connectivity index (χ2v) is 2.13. The highest BCUT2D eigenvalue weighted by Gasteiger charge is 2.11. The molecule has 1 unspecified atom stereocenters. The molecule has 4 nitrogen and oxygen atoms in total. The summed E-state index contributed by atoms with van der Waals surface area (Å²) in [6, 6.07) is 0. The third-order valence-corrected chi connectivity index (χ3v) is 1.31. The third-order valence-electron chi connectivity index (χ3n) is 1.31. The first-order valence-corrected chi connectivity index (χ1v) is 3.02. The van der Waals surface area contributed by atoms with Gasteiger partial charge >= 0.3 is 0 Å². The van der Waals surface area contributed by atoms with E-state index in [0.717, 1.165) is 5.70 Å². The van der Waals surface area contributed by atoms with Gasteiger partial charge < -0.3 is 4.74 Å². The van der Waals surface area contributed by atoms with E-state index in [9.17, 15) is 0 Å². The van der Waals surface area contributed by atoms with Crippen LogP contribution in [0.1, 0.15) is 6.92 Å². The Bertz CT molecular complexity index is 176. The quantitative estimate of drug-likeness (QED) is 0.526. The lowest BCUT2D eigenvalue weighted by atomic mass is 10.4. The lowest BCUT2D eigenvalue weighted by Crippen LogP contribution is -2.41. The number of rotatable bonds is 1. The molecule has 1 atom stereocenters. The van der Waals surface area contributed by atoms with Gasteiger partial charge in [0.15, 0.2) is 6.23 Å². The molecule has 0 radical (unpaired) electrons. The van der Waals surface area contributed by atoms with Crippen molar-refractivity contribution in [3.8, 4) is 0 Å². The van der Waals surface area contributed by atoms with Gasteiger partial charge in [-0.3, -0.25) is 5.01 Å². The minimum absolute atomic E-state index is 0.169. The summed E-state index contributed by atoms with van der Waals surface area (Å²) in [6.07, 6.45) is 3.22. The van der Waals surface area contributed by atoms with Crippen molar-refractivity contribution in [3.05, 3.63) is 11.8 Å². The molecular formula is C6H11N3O. The number of nitrogens with two attached hydrogens (primary N) is 1. The summed E-state index contributed by atoms with van der Waals surface area (Å²) in [6.45, 7) is 1.90. The van der Waals surface area contributed by atoms with E-state index in [0.29, 0.717) is 0 Å². The molecule has 0 amide bonds. The molecule has 0 bridgehead atoms. The topological polar surface area (TPSA) is 50.8 Å². The first-order chi connectivity index (χ1) is 4.74. The van der Waals surface area contributed by atoms with E-state index < -0.39 is 0 Å². The van der Waals surface area contributed by atoms with Crippen molar-refractivity contribution in [1.29, 1.82) is 0 Å². The van der Waals surface area contributed by atoms with Crippen molar-refractivity contribution >= 4 is 6.34 Å². The van der Waals surface area contributed by atoms with Crippen LogP contribution in [0, 0.1) is 0 Å². The number of allylic oxidation sites excluding steroid dienone is 1. The van der Waals surface area contributed by atoms with E-state index in [1.54, 1.807) is 13.4 Å². The number of hydrogen-bond acceptors (Lipinski definition) is 4. The summed E-state index contributed by atoms with van der Waals surface area (Å²) in [5.41, 5.74) is 0.925. The Balaban J connectivity index is 2.67. The minimum Gasteiger partial charge on any atom is -0.356 e. The van der Waals surface area contributed by atoms with Gasteiger partial charge in [0.25, 0.3) is 0 Å². The summed E-state index contributed by atoms with van der Waals surface area (Å²) in [5, 5.41) is 1.41. The molecule has 10 heavy (non-hydrogen) atoms. The molecule has 1 aliphatic heterocycles. The summed E-state index contributed by atoms with van der Waals surface area (Å²) < 4.78 is 5.01. The molecule has 0 aromatic heterocycles. The largest absolute Gasteiger partial charge is 0.356 e. The van der Waals surface area contributed by atoms with Crippen LogP contribution < -0.4 is 5.84 Å². The fraction of sp³-hybridized carbons (Fsp3) is 0.500. The lowest BCUT2D eigenvalue weighted by molar-refractivity contribution is 0.0451. The number of aliphatic imine (C=N–C) groups is 1. The number of methoxy groups -OCH3 is 1. The zero-order valence-corrected chi connectivity index (χ0v) is 6.11. The van der Waals surface area contributed by atoms with E-state index >= 15 is 0 Å². The average Bonchev–Trinajstić information content (AvgIpc) is 1.94. The minimum atomic E-state index is -0.169. The van der Waals surface area contributed by atoms with Crippen LogP contribution in [0.25, 0.3) is 0 Å². The summed E-state index contributed by atoms with van der Waals surface area (Å²) >= 11 is 0. The smallest absolute Gasteiger partial charge is 0.165 e. The maximum Gasteiger partial charge on any atom is 0.165 e. The van der Waals surface area contributed by atoms with Crippen LogP contribution in [-0.2, 0) is 4.74 Å². The maximum atomic E-state index is 5.47. The van der Waals surface area contributed by atoms with Crippen molar-refractivity contribution in [3.63, 3.8) is 0 Å². The van der Waals surface area contributed by atoms with Crippen LogP contribution in [0.5, 0.6) is 0 Å². The monoisotopic (exact) mass is 141 g/mol.